The van der Waals surface area contributed by atoms with Gasteiger partial charge in [0.15, 0.2) is 5.65 Å². The first-order valence-electron chi connectivity index (χ1n) is 13.0. The number of hydrogen-bond donors (Lipinski definition) is 2. The van der Waals surface area contributed by atoms with Gasteiger partial charge in [-0.1, -0.05) is 13.8 Å². The van der Waals surface area contributed by atoms with E-state index in [1.807, 2.05) is 20.8 Å². The molecule has 0 spiro atoms. The van der Waals surface area contributed by atoms with Gasteiger partial charge < -0.3 is 19.9 Å². The molecule has 2 aliphatic rings. The number of aryl methyl sites for hydroxylation is 2. The van der Waals surface area contributed by atoms with Gasteiger partial charge >= 0.3 is 0 Å². The van der Waals surface area contributed by atoms with Crippen molar-refractivity contribution in [2.45, 2.75) is 58.4 Å². The number of nitrogens with zero attached hydrogens (tertiary/aromatic N) is 4. The van der Waals surface area contributed by atoms with Gasteiger partial charge in [-0.15, -0.1) is 11.3 Å². The van der Waals surface area contributed by atoms with Gasteiger partial charge in [0.2, 0.25) is 5.91 Å². The van der Waals surface area contributed by atoms with Gasteiger partial charge in [-0.25, -0.2) is 9.50 Å². The van der Waals surface area contributed by atoms with E-state index in [0.717, 1.165) is 49.2 Å². The molecule has 2 N–H and O–H groups in total. The van der Waals surface area contributed by atoms with Crippen LogP contribution in [0.1, 0.15) is 60.1 Å². The maximum absolute atomic E-state index is 12.9. The number of aromatic amines is 1. The molecule has 8 nitrogen and oxygen atoms in total. The summed E-state index contributed by atoms with van der Waals surface area (Å²) in [5.74, 6) is 1.06. The van der Waals surface area contributed by atoms with Crippen LogP contribution in [0.15, 0.2) is 18.6 Å². The van der Waals surface area contributed by atoms with Crippen LogP contribution in [0, 0.1) is 13.8 Å². The van der Waals surface area contributed by atoms with E-state index in [4.69, 9.17) is 4.74 Å². The minimum absolute atomic E-state index is 0.189. The van der Waals surface area contributed by atoms with Gasteiger partial charge in [0.05, 0.1) is 18.9 Å². The maximum atomic E-state index is 12.9. The Bertz CT molecular complexity index is 1420. The maximum Gasteiger partial charge on any atom is 0.242 e. The SMILES string of the molecule is Cc1c(C2CCN(C(=O)[C@@H]3COCCN3)CC2)sc2[nH]c(-c3cc(C)c4ncnn4c3)c(C(C)C)c12. The summed E-state index contributed by atoms with van der Waals surface area (Å²) in [6, 6.07) is 2.02. The number of morpholine rings is 1. The lowest BCUT2D eigenvalue weighted by Crippen LogP contribution is -2.53. The van der Waals surface area contributed by atoms with Gasteiger partial charge in [0, 0.05) is 41.7 Å². The average Bonchev–Trinajstić information content (AvgIpc) is 3.59. The van der Waals surface area contributed by atoms with E-state index in [1.165, 1.54) is 31.9 Å². The normalized spacial score (nSPS) is 19.7. The molecule has 2 aliphatic heterocycles. The number of rotatable bonds is 4. The van der Waals surface area contributed by atoms with E-state index in [1.54, 1.807) is 6.33 Å². The summed E-state index contributed by atoms with van der Waals surface area (Å²) >= 11 is 1.90. The molecule has 0 unspecified atom stereocenters. The number of H-pyrrole nitrogens is 1. The van der Waals surface area contributed by atoms with Crippen molar-refractivity contribution in [3.8, 4) is 11.3 Å². The monoisotopic (exact) mass is 506 g/mol. The van der Waals surface area contributed by atoms with Gasteiger partial charge in [0.25, 0.3) is 0 Å². The fraction of sp³-hybridized carbons (Fsp3) is 0.519. The molecule has 4 aromatic rings. The average molecular weight is 507 g/mol. The number of hydrogen-bond acceptors (Lipinski definition) is 6. The van der Waals surface area contributed by atoms with Crippen LogP contribution in [0.4, 0.5) is 0 Å². The van der Waals surface area contributed by atoms with Crippen LogP contribution in [0.25, 0.3) is 27.1 Å². The van der Waals surface area contributed by atoms with Gasteiger partial charge in [-0.05, 0) is 61.3 Å². The Labute approximate surface area is 215 Å². The molecule has 0 radical (unpaired) electrons. The predicted molar refractivity (Wildman–Crippen MR) is 143 cm³/mol. The summed E-state index contributed by atoms with van der Waals surface area (Å²) in [5.41, 5.74) is 7.11. The van der Waals surface area contributed by atoms with E-state index < -0.39 is 0 Å². The number of thiophene rings is 1. The smallest absolute Gasteiger partial charge is 0.242 e. The number of carbonyl (C=O) groups is 1. The van der Waals surface area contributed by atoms with Crippen molar-refractivity contribution >= 4 is 33.1 Å². The molecule has 9 heteroatoms. The number of fused-ring (bicyclic) bond motifs is 2. The second-order valence-corrected chi connectivity index (χ2v) is 11.5. The summed E-state index contributed by atoms with van der Waals surface area (Å²) in [6.07, 6.45) is 5.70. The molecule has 0 aliphatic carbocycles. The largest absolute Gasteiger partial charge is 0.378 e. The Morgan fingerprint density at radius 3 is 2.78 bits per heavy atom. The molecule has 36 heavy (non-hydrogen) atoms. The highest BCUT2D eigenvalue weighted by Gasteiger charge is 2.32. The first-order valence-corrected chi connectivity index (χ1v) is 13.8. The third-order valence-electron chi connectivity index (χ3n) is 7.78. The van der Waals surface area contributed by atoms with Gasteiger partial charge in [0.1, 0.15) is 17.2 Å². The predicted octanol–water partition coefficient (Wildman–Crippen LogP) is 4.37. The standard InChI is InChI=1S/C27H34N6O2S/c1-15(2)21-22-17(4)24(18-5-8-32(9-6-18)27(34)20-13-35-10-7-28-20)36-26(22)31-23(21)19-11-16(3)25-29-14-30-33(25)12-19/h11-12,14-15,18,20,28,31H,5-10,13H2,1-4H3/t20-/m0/s1. The van der Waals surface area contributed by atoms with Crippen LogP contribution >= 0.6 is 11.3 Å². The van der Waals surface area contributed by atoms with Gasteiger partial charge in [-0.2, -0.15) is 5.10 Å². The molecule has 0 aromatic carbocycles. The third kappa shape index (κ3) is 3.93. The number of piperidine rings is 1. The molecule has 0 bridgehead atoms. The van der Waals surface area contributed by atoms with E-state index in [2.05, 4.69) is 60.3 Å². The fourth-order valence-corrected chi connectivity index (χ4v) is 7.38. The van der Waals surface area contributed by atoms with E-state index in [-0.39, 0.29) is 11.9 Å². The van der Waals surface area contributed by atoms with Crippen molar-refractivity contribution in [1.82, 2.24) is 29.8 Å². The lowest BCUT2D eigenvalue weighted by molar-refractivity contribution is -0.137. The molecular weight excluding hydrogens is 472 g/mol. The summed E-state index contributed by atoms with van der Waals surface area (Å²) in [6.45, 7) is 12.5. The Balaban J connectivity index is 1.28. The molecule has 2 saturated heterocycles. The number of nitrogens with one attached hydrogen (secondary N) is 2. The molecule has 4 aromatic heterocycles. The zero-order valence-corrected chi connectivity index (χ0v) is 22.2. The highest BCUT2D eigenvalue weighted by Crippen LogP contribution is 2.46. The Morgan fingerprint density at radius 1 is 1.25 bits per heavy atom. The van der Waals surface area contributed by atoms with E-state index >= 15 is 0 Å². The number of amides is 1. The molecule has 1 amide bonds. The zero-order valence-electron chi connectivity index (χ0n) is 21.4. The summed E-state index contributed by atoms with van der Waals surface area (Å²) in [5, 5.41) is 9.05. The zero-order chi connectivity index (χ0) is 25.0. The summed E-state index contributed by atoms with van der Waals surface area (Å²) < 4.78 is 7.37. The van der Waals surface area contributed by atoms with Crippen molar-refractivity contribution in [3.63, 3.8) is 0 Å². The van der Waals surface area contributed by atoms with Gasteiger partial charge in [-0.3, -0.25) is 4.79 Å². The lowest BCUT2D eigenvalue weighted by Gasteiger charge is -2.35. The van der Waals surface area contributed by atoms with Crippen LogP contribution in [0.5, 0.6) is 0 Å². The number of carbonyl (C=O) groups excluding carboxylic acids is 1. The number of ether oxygens (including phenoxy) is 1. The molecule has 6 rings (SSSR count). The van der Waals surface area contributed by atoms with Crippen LogP contribution in [-0.4, -0.2) is 69.3 Å². The van der Waals surface area contributed by atoms with Crippen molar-refractivity contribution < 1.29 is 9.53 Å². The highest BCUT2D eigenvalue weighted by atomic mass is 32.1. The van der Waals surface area contributed by atoms with Crippen LogP contribution in [0.2, 0.25) is 0 Å². The Morgan fingerprint density at radius 2 is 2.06 bits per heavy atom. The molecule has 190 valence electrons. The first-order chi connectivity index (χ1) is 17.4. The second kappa shape index (κ2) is 9.28. The molecular formula is C27H34N6O2S. The Kier molecular flexibility index (Phi) is 6.09. The molecule has 6 heterocycles. The van der Waals surface area contributed by atoms with E-state index in [0.29, 0.717) is 25.0 Å². The van der Waals surface area contributed by atoms with Crippen molar-refractivity contribution in [2.24, 2.45) is 0 Å². The minimum atomic E-state index is -0.190. The van der Waals surface area contributed by atoms with E-state index in [9.17, 15) is 4.79 Å². The molecule has 2 fully saturated rings. The quantitative estimate of drug-likeness (QED) is 0.429. The van der Waals surface area contributed by atoms with Crippen LogP contribution in [0.3, 0.4) is 0 Å². The topological polar surface area (TPSA) is 87.5 Å². The first kappa shape index (κ1) is 23.6. The highest BCUT2D eigenvalue weighted by molar-refractivity contribution is 7.19. The molecule has 0 saturated carbocycles. The summed E-state index contributed by atoms with van der Waals surface area (Å²) in [7, 11) is 0. The lowest BCUT2D eigenvalue weighted by atomic mass is 9.90. The van der Waals surface area contributed by atoms with Crippen molar-refractivity contribution in [1.29, 1.82) is 0 Å². The number of likely N-dealkylation sites (tertiary alicyclic amines) is 1. The Hall–Kier alpha value is -2.75. The third-order valence-corrected chi connectivity index (χ3v) is 9.15. The van der Waals surface area contributed by atoms with Crippen molar-refractivity contribution in [2.75, 3.05) is 32.8 Å². The number of aromatic nitrogens is 4. The minimum Gasteiger partial charge on any atom is -0.378 e. The number of pyridine rings is 1. The van der Waals surface area contributed by atoms with Crippen LogP contribution < -0.4 is 5.32 Å². The van der Waals surface area contributed by atoms with Crippen LogP contribution in [-0.2, 0) is 9.53 Å². The second-order valence-electron chi connectivity index (χ2n) is 10.5. The van der Waals surface area contributed by atoms with Crippen molar-refractivity contribution in [3.05, 3.63) is 40.2 Å². The molecule has 1 atom stereocenters. The fourth-order valence-electron chi connectivity index (χ4n) is 5.98. The summed E-state index contributed by atoms with van der Waals surface area (Å²) in [4.78, 5) is 25.8.